The Balaban J connectivity index is 1.92. The molecule has 2 saturated heterocycles. The number of carbonyl (C=O) groups is 4. The lowest BCUT2D eigenvalue weighted by Gasteiger charge is -2.50. The molecule has 2 heterocycles. The number of phosphoric acid groups is 1. The molecule has 3 aliphatic rings. The number of unbranched alkanes of at least 4 members (excludes halogenated alkanes) is 49. The molecule has 0 radical (unpaired) electrons. The highest BCUT2D eigenvalue weighted by Gasteiger charge is 2.60. The molecule has 1 saturated carbocycles. The molecule has 0 amide bonds. The Bertz CT molecular complexity index is 2440. The van der Waals surface area contributed by atoms with E-state index in [0.29, 0.717) is 32.1 Å². The summed E-state index contributed by atoms with van der Waals surface area (Å²) in [7, 11) is -5.80. The van der Waals surface area contributed by atoms with Gasteiger partial charge in [0.25, 0.3) is 0 Å². The van der Waals surface area contributed by atoms with Crippen LogP contribution >= 0.6 is 7.82 Å². The van der Waals surface area contributed by atoms with E-state index in [4.69, 9.17) is 46.9 Å². The van der Waals surface area contributed by atoms with Crippen molar-refractivity contribution in [1.82, 2.24) is 0 Å². The highest BCUT2D eigenvalue weighted by atomic mass is 31.2. The van der Waals surface area contributed by atoms with Crippen LogP contribution in [0.4, 0.5) is 0 Å². The average Bonchev–Trinajstić information content (AvgIpc) is 0.754. The van der Waals surface area contributed by atoms with Gasteiger partial charge in [-0.3, -0.25) is 28.2 Å². The van der Waals surface area contributed by atoms with Crippen molar-refractivity contribution >= 4 is 31.7 Å². The second-order valence-electron chi connectivity index (χ2n) is 33.2. The number of hydrogen-bond donors (Lipinski definition) is 10. The van der Waals surface area contributed by atoms with Crippen LogP contribution in [0.25, 0.3) is 0 Å². The van der Waals surface area contributed by atoms with Gasteiger partial charge in [-0.2, -0.15) is 0 Å². The van der Waals surface area contributed by atoms with Gasteiger partial charge in [-0.05, 0) is 51.4 Å². The zero-order valence-electron chi connectivity index (χ0n) is 71.9. The standard InChI is InChI=1S/C89H165O25P/c1-5-9-13-17-21-25-29-33-35-39-42-45-49-53-57-61-72(91)105-66-69(108-74(93)63-59-55-51-47-44-40-36-34-30-26-22-18-14-10-6-2)67-107-115(103,104)114-87-85(112-88-82(101)78(97)76(95)70(65-90)109-88)81(100)80(99)84(111-75(94)64-60-56-52-48-43-38-32-28-24-20-16-12-8-4)86(87)113-89-83(102)79(98)77(96)71(110-89)68-106-73(92)62-58-54-50-46-41-37-31-27-23-19-15-11-7-3/h38,43,69-71,76-90,95-102H,5-37,39-42,44-68H2,1-4H3,(H,103,104)/b43-38-. The Kier molecular flexibility index (Phi) is 63.6. The first-order valence-electron chi connectivity index (χ1n) is 46.4. The number of rotatable bonds is 75. The monoisotopic (exact) mass is 1670 g/mol. The molecular weight excluding hydrogens is 1500 g/mol. The van der Waals surface area contributed by atoms with Crippen LogP contribution in [0.1, 0.15) is 400 Å². The van der Waals surface area contributed by atoms with Crippen LogP contribution in [-0.4, -0.2) is 205 Å². The molecule has 0 aromatic heterocycles. The van der Waals surface area contributed by atoms with Crippen LogP contribution in [0.2, 0.25) is 0 Å². The van der Waals surface area contributed by atoms with Crippen LogP contribution in [-0.2, 0) is 70.7 Å². The second-order valence-corrected chi connectivity index (χ2v) is 34.6. The summed E-state index contributed by atoms with van der Waals surface area (Å²) < 4.78 is 73.3. The normalized spacial score (nSPS) is 25.3. The molecule has 10 N–H and O–H groups in total. The second kappa shape index (κ2) is 68.7. The predicted octanol–water partition coefficient (Wildman–Crippen LogP) is 16.8. The summed E-state index contributed by atoms with van der Waals surface area (Å²) in [5.74, 6) is -2.97. The summed E-state index contributed by atoms with van der Waals surface area (Å²) in [5.41, 5.74) is 0. The van der Waals surface area contributed by atoms with Crippen molar-refractivity contribution in [1.29, 1.82) is 0 Å². The Labute approximate surface area is 692 Å². The summed E-state index contributed by atoms with van der Waals surface area (Å²) >= 11 is 0. The topological polar surface area (TPSA) is 380 Å². The van der Waals surface area contributed by atoms with Gasteiger partial charge >= 0.3 is 31.7 Å². The van der Waals surface area contributed by atoms with Gasteiger partial charge in [0.2, 0.25) is 0 Å². The molecule has 18 atom stereocenters. The smallest absolute Gasteiger partial charge is 0.463 e. The summed E-state index contributed by atoms with van der Waals surface area (Å²) in [6, 6.07) is 0. The lowest BCUT2D eigenvalue weighted by atomic mass is 9.84. The van der Waals surface area contributed by atoms with Gasteiger partial charge in [-0.1, -0.05) is 335 Å². The molecule has 115 heavy (non-hydrogen) atoms. The van der Waals surface area contributed by atoms with Crippen molar-refractivity contribution in [2.24, 2.45) is 0 Å². The van der Waals surface area contributed by atoms with E-state index in [1.165, 1.54) is 186 Å². The first-order chi connectivity index (χ1) is 55.7. The average molecular weight is 1670 g/mol. The fourth-order valence-electron chi connectivity index (χ4n) is 15.4. The third-order valence-corrected chi connectivity index (χ3v) is 23.8. The molecular formula is C89H165O25P. The number of phosphoric ester groups is 1. The van der Waals surface area contributed by atoms with Crippen molar-refractivity contribution in [2.75, 3.05) is 26.4 Å². The Morgan fingerprint density at radius 2 is 0.652 bits per heavy atom. The van der Waals surface area contributed by atoms with Crippen LogP contribution in [0, 0.1) is 0 Å². The van der Waals surface area contributed by atoms with Crippen LogP contribution in [0.15, 0.2) is 12.2 Å². The molecule has 3 rings (SSSR count). The van der Waals surface area contributed by atoms with Gasteiger partial charge in [0.05, 0.1) is 13.2 Å². The molecule has 18 unspecified atom stereocenters. The SMILES string of the molecule is CCCCCCCC/C=C\CCCCCC(=O)OC1C(O)C(O)C(OC2OC(CO)C(O)C(O)C2O)C(OP(=O)(O)OCC(COC(=O)CCCCCCCCCCCCCCCCC)OC(=O)CCCCCCCCCCCCCCCCC)C1OC1OC(COC(=O)CCCCCCCCCCCCCCC)C(O)C(O)C1O. The number of esters is 4. The van der Waals surface area contributed by atoms with E-state index in [-0.39, 0.29) is 32.1 Å². The third-order valence-electron chi connectivity index (χ3n) is 22.8. The number of ether oxygens (including phenoxy) is 8. The number of hydrogen-bond acceptors (Lipinski definition) is 24. The van der Waals surface area contributed by atoms with Gasteiger partial charge < -0.3 is 88.7 Å². The summed E-state index contributed by atoms with van der Waals surface area (Å²) in [6.07, 6.45) is 26.5. The number of aliphatic hydroxyl groups excluding tert-OH is 9. The first-order valence-corrected chi connectivity index (χ1v) is 47.9. The van der Waals surface area contributed by atoms with Gasteiger partial charge in [-0.25, -0.2) is 4.57 Å². The quantitative estimate of drug-likeness (QED) is 0.00889. The van der Waals surface area contributed by atoms with Gasteiger partial charge in [0.1, 0.15) is 92.6 Å². The Morgan fingerprint density at radius 3 is 1.04 bits per heavy atom. The van der Waals surface area contributed by atoms with E-state index in [0.717, 1.165) is 122 Å². The highest BCUT2D eigenvalue weighted by Crippen LogP contribution is 2.49. The third kappa shape index (κ3) is 49.2. The fourth-order valence-corrected chi connectivity index (χ4v) is 16.3. The molecule has 3 fully saturated rings. The number of allylic oxidation sites excluding steroid dienone is 2. The molecule has 26 heteroatoms. The maximum absolute atomic E-state index is 14.9. The van der Waals surface area contributed by atoms with E-state index < -0.39 is 162 Å². The van der Waals surface area contributed by atoms with E-state index >= 15 is 0 Å². The summed E-state index contributed by atoms with van der Waals surface area (Å²) in [6.45, 7) is 5.59. The highest BCUT2D eigenvalue weighted by molar-refractivity contribution is 7.47. The molecule has 0 bridgehead atoms. The van der Waals surface area contributed by atoms with E-state index in [2.05, 4.69) is 39.8 Å². The fraction of sp³-hybridized carbons (Fsp3) is 0.933. The van der Waals surface area contributed by atoms with E-state index in [1.807, 2.05) is 0 Å². The molecule has 0 aromatic rings. The van der Waals surface area contributed by atoms with E-state index in [1.54, 1.807) is 0 Å². The number of carbonyl (C=O) groups excluding carboxylic acids is 4. The van der Waals surface area contributed by atoms with Gasteiger partial charge in [0.15, 0.2) is 24.8 Å². The maximum atomic E-state index is 14.9. The van der Waals surface area contributed by atoms with Crippen LogP contribution in [0.5, 0.6) is 0 Å². The van der Waals surface area contributed by atoms with Crippen molar-refractivity contribution in [3.05, 3.63) is 12.2 Å². The van der Waals surface area contributed by atoms with Gasteiger partial charge in [-0.15, -0.1) is 0 Å². The number of aliphatic hydroxyl groups is 9. The molecule has 0 spiro atoms. The summed E-state index contributed by atoms with van der Waals surface area (Å²) in [5, 5.41) is 102. The van der Waals surface area contributed by atoms with Crippen molar-refractivity contribution in [2.45, 2.75) is 504 Å². The maximum Gasteiger partial charge on any atom is 0.472 e. The lowest BCUT2D eigenvalue weighted by Crippen LogP contribution is -2.70. The summed E-state index contributed by atoms with van der Waals surface area (Å²) in [4.78, 5) is 66.4. The minimum Gasteiger partial charge on any atom is -0.463 e. The minimum absolute atomic E-state index is 0.0169. The predicted molar refractivity (Wildman–Crippen MR) is 444 cm³/mol. The minimum atomic E-state index is -5.80. The lowest BCUT2D eigenvalue weighted by molar-refractivity contribution is -0.360. The van der Waals surface area contributed by atoms with Crippen molar-refractivity contribution in [3.63, 3.8) is 0 Å². The van der Waals surface area contributed by atoms with Crippen LogP contribution < -0.4 is 0 Å². The molecule has 2 aliphatic heterocycles. The molecule has 25 nitrogen and oxygen atoms in total. The largest absolute Gasteiger partial charge is 0.472 e. The molecule has 1 aliphatic carbocycles. The Morgan fingerprint density at radius 1 is 0.339 bits per heavy atom. The van der Waals surface area contributed by atoms with Crippen LogP contribution in [0.3, 0.4) is 0 Å². The molecule has 676 valence electrons. The van der Waals surface area contributed by atoms with Crippen molar-refractivity contribution < 1.29 is 122 Å². The zero-order chi connectivity index (χ0) is 84.0. The first kappa shape index (κ1) is 106. The zero-order valence-corrected chi connectivity index (χ0v) is 72.7. The van der Waals surface area contributed by atoms with E-state index in [9.17, 15) is 74.6 Å². The Hall–Kier alpha value is -2.79. The van der Waals surface area contributed by atoms with Crippen molar-refractivity contribution in [3.8, 4) is 0 Å². The van der Waals surface area contributed by atoms with Gasteiger partial charge in [0, 0.05) is 25.7 Å². The molecule has 0 aromatic carbocycles.